The summed E-state index contributed by atoms with van der Waals surface area (Å²) < 4.78 is 23.0. The van der Waals surface area contributed by atoms with Gasteiger partial charge in [-0.05, 0) is 38.1 Å². The summed E-state index contributed by atoms with van der Waals surface area (Å²) in [5.41, 5.74) is -1.24. The molecule has 0 aliphatic carbocycles. The molecule has 0 heterocycles. The molecule has 1 unspecified atom stereocenters. The summed E-state index contributed by atoms with van der Waals surface area (Å²) in [6.45, 7) is 2.86. The fourth-order valence-electron chi connectivity index (χ4n) is 1.51. The Hall–Kier alpha value is -2.15. The van der Waals surface area contributed by atoms with Crippen molar-refractivity contribution < 1.29 is 28.6 Å². The van der Waals surface area contributed by atoms with Crippen LogP contribution in [0.5, 0.6) is 5.75 Å². The van der Waals surface area contributed by atoms with Crippen LogP contribution in [0.2, 0.25) is 0 Å². The molecule has 0 aromatic heterocycles. The first kappa shape index (κ1) is 16.9. The molecular weight excluding hydrogens is 281 g/mol. The second-order valence-electron chi connectivity index (χ2n) is 4.84. The first-order valence-corrected chi connectivity index (χ1v) is 6.24. The Kier molecular flexibility index (Phi) is 5.66. The van der Waals surface area contributed by atoms with Crippen molar-refractivity contribution >= 4 is 11.9 Å². The predicted molar refractivity (Wildman–Crippen MR) is 72.5 cm³/mol. The number of methoxy groups -OCH3 is 1. The molecule has 0 saturated heterocycles. The number of carboxylic acid groups (broad SMARTS) is 1. The highest BCUT2D eigenvalue weighted by Gasteiger charge is 2.31. The van der Waals surface area contributed by atoms with E-state index in [1.54, 1.807) is 0 Å². The fraction of sp³-hybridized carbons (Fsp3) is 0.429. The minimum absolute atomic E-state index is 0.180. The highest BCUT2D eigenvalue weighted by atomic mass is 19.1. The van der Waals surface area contributed by atoms with Crippen molar-refractivity contribution in [3.05, 3.63) is 30.1 Å². The van der Waals surface area contributed by atoms with E-state index in [2.05, 4.69) is 5.32 Å². The van der Waals surface area contributed by atoms with Gasteiger partial charge in [0, 0.05) is 7.11 Å². The average molecular weight is 299 g/mol. The predicted octanol–water partition coefficient (Wildman–Crippen LogP) is 1.20. The molecule has 0 radical (unpaired) electrons. The van der Waals surface area contributed by atoms with Gasteiger partial charge in [0.1, 0.15) is 11.6 Å². The lowest BCUT2D eigenvalue weighted by Gasteiger charge is -2.26. The number of carboxylic acids is 1. The number of carbonyl (C=O) groups excluding carboxylic acids is 1. The minimum atomic E-state index is -1.24. The summed E-state index contributed by atoms with van der Waals surface area (Å²) in [5, 5.41) is 11.3. The van der Waals surface area contributed by atoms with E-state index in [0.717, 1.165) is 0 Å². The maximum Gasteiger partial charge on any atom is 0.334 e. The lowest BCUT2D eigenvalue weighted by Crippen LogP contribution is -2.49. The van der Waals surface area contributed by atoms with Gasteiger partial charge in [0.05, 0.1) is 6.54 Å². The van der Waals surface area contributed by atoms with E-state index in [9.17, 15) is 14.0 Å². The van der Waals surface area contributed by atoms with Crippen molar-refractivity contribution in [2.24, 2.45) is 0 Å². The van der Waals surface area contributed by atoms with E-state index in [0.29, 0.717) is 5.75 Å². The minimum Gasteiger partial charge on any atom is -0.479 e. The van der Waals surface area contributed by atoms with Gasteiger partial charge in [0.2, 0.25) is 0 Å². The van der Waals surface area contributed by atoms with Crippen LogP contribution in [-0.4, -0.2) is 42.3 Å². The second-order valence-corrected chi connectivity index (χ2v) is 4.84. The Bertz CT molecular complexity index is 501. The van der Waals surface area contributed by atoms with Gasteiger partial charge in [-0.1, -0.05) is 0 Å². The van der Waals surface area contributed by atoms with Crippen LogP contribution in [0, 0.1) is 5.82 Å². The maximum atomic E-state index is 12.8. The number of nitrogens with one attached hydrogen (secondary N) is 1. The van der Waals surface area contributed by atoms with Crippen LogP contribution < -0.4 is 10.1 Å². The topological polar surface area (TPSA) is 84.9 Å². The van der Waals surface area contributed by atoms with E-state index in [4.69, 9.17) is 14.6 Å². The van der Waals surface area contributed by atoms with E-state index in [-0.39, 0.29) is 6.54 Å². The molecule has 2 N–H and O–H groups in total. The van der Waals surface area contributed by atoms with Crippen molar-refractivity contribution in [2.45, 2.75) is 25.6 Å². The lowest BCUT2D eigenvalue weighted by atomic mass is 10.1. The molecule has 0 aliphatic heterocycles. The van der Waals surface area contributed by atoms with Crippen LogP contribution in [0.25, 0.3) is 0 Å². The summed E-state index contributed by atoms with van der Waals surface area (Å²) in [6.07, 6.45) is -1.13. The molecule has 1 aromatic carbocycles. The lowest BCUT2D eigenvalue weighted by molar-refractivity contribution is -0.148. The van der Waals surface area contributed by atoms with E-state index >= 15 is 0 Å². The van der Waals surface area contributed by atoms with Gasteiger partial charge >= 0.3 is 5.97 Å². The van der Waals surface area contributed by atoms with Gasteiger partial charge in [-0.3, -0.25) is 4.79 Å². The highest BCUT2D eigenvalue weighted by molar-refractivity contribution is 5.85. The van der Waals surface area contributed by atoms with Crippen LogP contribution >= 0.6 is 0 Å². The second kappa shape index (κ2) is 7.03. The zero-order valence-corrected chi connectivity index (χ0v) is 12.1. The fourth-order valence-corrected chi connectivity index (χ4v) is 1.51. The van der Waals surface area contributed by atoms with Gasteiger partial charge in [0.15, 0.2) is 11.7 Å². The van der Waals surface area contributed by atoms with Crippen LogP contribution in [-0.2, 0) is 14.3 Å². The van der Waals surface area contributed by atoms with Crippen LogP contribution in [0.3, 0.4) is 0 Å². The number of hydrogen-bond donors (Lipinski definition) is 2. The number of benzene rings is 1. The Morgan fingerprint density at radius 3 is 2.38 bits per heavy atom. The molecule has 0 spiro atoms. The summed E-state index contributed by atoms with van der Waals surface area (Å²) in [4.78, 5) is 22.8. The molecule has 1 aromatic rings. The van der Waals surface area contributed by atoms with Gasteiger partial charge < -0.3 is 19.9 Å². The Morgan fingerprint density at radius 2 is 1.90 bits per heavy atom. The van der Waals surface area contributed by atoms with Crippen molar-refractivity contribution in [3.8, 4) is 5.75 Å². The SMILES string of the molecule is COC(CNC(=O)C(C)(C)Oc1ccc(F)cc1)C(=O)O. The number of carbonyl (C=O) groups is 2. The zero-order valence-electron chi connectivity index (χ0n) is 12.1. The van der Waals surface area contributed by atoms with E-state index in [1.807, 2.05) is 0 Å². The molecule has 0 bridgehead atoms. The quantitative estimate of drug-likeness (QED) is 0.790. The molecule has 1 rings (SSSR count). The smallest absolute Gasteiger partial charge is 0.334 e. The van der Waals surface area contributed by atoms with Crippen LogP contribution in [0.4, 0.5) is 4.39 Å². The summed E-state index contributed by atoms with van der Waals surface area (Å²) >= 11 is 0. The number of halogens is 1. The third-order valence-corrected chi connectivity index (χ3v) is 2.74. The van der Waals surface area contributed by atoms with Gasteiger partial charge in [-0.2, -0.15) is 0 Å². The van der Waals surface area contributed by atoms with Gasteiger partial charge in [-0.25, -0.2) is 9.18 Å². The van der Waals surface area contributed by atoms with Crippen LogP contribution in [0.1, 0.15) is 13.8 Å². The first-order valence-electron chi connectivity index (χ1n) is 6.24. The van der Waals surface area contributed by atoms with Crippen molar-refractivity contribution in [1.82, 2.24) is 5.32 Å². The largest absolute Gasteiger partial charge is 0.479 e. The molecule has 1 atom stereocenters. The van der Waals surface area contributed by atoms with E-state index in [1.165, 1.54) is 45.2 Å². The Labute approximate surface area is 121 Å². The Balaban J connectivity index is 2.62. The van der Waals surface area contributed by atoms with Gasteiger partial charge in [-0.15, -0.1) is 0 Å². The maximum absolute atomic E-state index is 12.8. The molecule has 21 heavy (non-hydrogen) atoms. The number of ether oxygens (including phenoxy) is 2. The summed E-state index contributed by atoms with van der Waals surface area (Å²) in [7, 11) is 1.24. The number of aliphatic carboxylic acids is 1. The number of rotatable bonds is 7. The number of amides is 1. The standard InChI is InChI=1S/C14H18FNO5/c1-14(2,21-10-6-4-9(15)5-7-10)13(19)16-8-11(20-3)12(17)18/h4-7,11H,8H2,1-3H3,(H,16,19)(H,17,18). The molecule has 6 nitrogen and oxygen atoms in total. The molecule has 116 valence electrons. The Morgan fingerprint density at radius 1 is 1.33 bits per heavy atom. The normalized spacial score (nSPS) is 12.6. The molecule has 0 fully saturated rings. The van der Waals surface area contributed by atoms with E-state index < -0.39 is 29.4 Å². The molecule has 0 aliphatic rings. The molecular formula is C14H18FNO5. The average Bonchev–Trinajstić information content (AvgIpc) is 2.41. The first-order chi connectivity index (χ1) is 9.76. The monoisotopic (exact) mass is 299 g/mol. The third-order valence-electron chi connectivity index (χ3n) is 2.74. The summed E-state index contributed by atoms with van der Waals surface area (Å²) in [5.74, 6) is -1.75. The van der Waals surface area contributed by atoms with Crippen molar-refractivity contribution in [3.63, 3.8) is 0 Å². The number of hydrogen-bond acceptors (Lipinski definition) is 4. The zero-order chi connectivity index (χ0) is 16.0. The molecule has 0 saturated carbocycles. The van der Waals surface area contributed by atoms with Gasteiger partial charge in [0.25, 0.3) is 5.91 Å². The third kappa shape index (κ3) is 5.03. The molecule has 1 amide bonds. The summed E-state index contributed by atoms with van der Waals surface area (Å²) in [6, 6.07) is 5.24. The van der Waals surface area contributed by atoms with Crippen molar-refractivity contribution in [1.29, 1.82) is 0 Å². The van der Waals surface area contributed by atoms with Crippen molar-refractivity contribution in [2.75, 3.05) is 13.7 Å². The highest BCUT2D eigenvalue weighted by Crippen LogP contribution is 2.18. The molecule has 7 heteroatoms. The van der Waals surface area contributed by atoms with Crippen LogP contribution in [0.15, 0.2) is 24.3 Å².